The molecule has 8 heteroatoms. The molecule has 1 atom stereocenters. The van der Waals surface area contributed by atoms with Gasteiger partial charge in [0.25, 0.3) is 0 Å². The highest BCUT2D eigenvalue weighted by atomic mass is 19.3. The van der Waals surface area contributed by atoms with E-state index in [0.717, 1.165) is 12.1 Å². The largest absolute Gasteiger partial charge is 0.493 e. The highest BCUT2D eigenvalue weighted by Crippen LogP contribution is 2.29. The van der Waals surface area contributed by atoms with E-state index < -0.39 is 6.61 Å². The molecule has 1 aromatic rings. The van der Waals surface area contributed by atoms with Crippen LogP contribution in [0.2, 0.25) is 0 Å². The zero-order valence-corrected chi connectivity index (χ0v) is 13.5. The van der Waals surface area contributed by atoms with Crippen molar-refractivity contribution in [2.45, 2.75) is 25.5 Å². The molecule has 2 rings (SSSR count). The fraction of sp³-hybridized carbons (Fsp3) is 0.562. The predicted octanol–water partition coefficient (Wildman–Crippen LogP) is 1.33. The third-order valence-electron chi connectivity index (χ3n) is 3.61. The average Bonchev–Trinajstić information content (AvgIpc) is 2.55. The van der Waals surface area contributed by atoms with E-state index in [0.29, 0.717) is 32.6 Å². The van der Waals surface area contributed by atoms with Crippen molar-refractivity contribution >= 4 is 5.91 Å². The molecule has 0 aromatic heterocycles. The number of morpholine rings is 1. The number of alkyl halides is 2. The topological polar surface area (TPSA) is 68.8 Å². The lowest BCUT2D eigenvalue weighted by Gasteiger charge is -2.23. The van der Waals surface area contributed by atoms with Crippen molar-refractivity contribution in [3.8, 4) is 11.5 Å². The van der Waals surface area contributed by atoms with E-state index in [1.807, 2.05) is 0 Å². The lowest BCUT2D eigenvalue weighted by molar-refractivity contribution is -0.122. The van der Waals surface area contributed by atoms with Gasteiger partial charge in [-0.3, -0.25) is 4.79 Å². The van der Waals surface area contributed by atoms with Crippen molar-refractivity contribution < 1.29 is 27.8 Å². The van der Waals surface area contributed by atoms with Crippen LogP contribution in [0, 0.1) is 0 Å². The normalized spacial score (nSPS) is 17.6. The number of methoxy groups -OCH3 is 1. The van der Waals surface area contributed by atoms with Crippen molar-refractivity contribution in [3.05, 3.63) is 23.8 Å². The Morgan fingerprint density at radius 1 is 1.46 bits per heavy atom. The monoisotopic (exact) mass is 344 g/mol. The Morgan fingerprint density at radius 3 is 2.96 bits per heavy atom. The maximum Gasteiger partial charge on any atom is 0.387 e. The second-order valence-electron chi connectivity index (χ2n) is 5.39. The minimum atomic E-state index is -2.92. The van der Waals surface area contributed by atoms with Gasteiger partial charge < -0.3 is 24.8 Å². The summed E-state index contributed by atoms with van der Waals surface area (Å²) < 4.78 is 39.5. The summed E-state index contributed by atoms with van der Waals surface area (Å²) in [6.45, 7) is -0.568. The van der Waals surface area contributed by atoms with Gasteiger partial charge >= 0.3 is 6.61 Å². The van der Waals surface area contributed by atoms with Crippen molar-refractivity contribution in [2.75, 3.05) is 33.4 Å². The van der Waals surface area contributed by atoms with Crippen LogP contribution in [0.4, 0.5) is 8.78 Å². The van der Waals surface area contributed by atoms with Crippen LogP contribution in [-0.4, -0.2) is 52.0 Å². The summed E-state index contributed by atoms with van der Waals surface area (Å²) in [5.74, 6) is 0.155. The van der Waals surface area contributed by atoms with Crippen LogP contribution in [0.15, 0.2) is 18.2 Å². The average molecular weight is 344 g/mol. The van der Waals surface area contributed by atoms with Crippen LogP contribution in [0.3, 0.4) is 0 Å². The SMILES string of the molecule is COc1ccc(CCNC(=O)CC2COCCN2)cc1OC(F)F. The molecule has 0 saturated carbocycles. The summed E-state index contributed by atoms with van der Waals surface area (Å²) in [5, 5.41) is 6.02. The Labute approximate surface area is 139 Å². The van der Waals surface area contributed by atoms with Gasteiger partial charge in [-0.1, -0.05) is 6.07 Å². The lowest BCUT2D eigenvalue weighted by Crippen LogP contribution is -2.44. The Hall–Kier alpha value is -1.93. The maximum absolute atomic E-state index is 12.4. The fourth-order valence-electron chi connectivity index (χ4n) is 2.46. The number of carbonyl (C=O) groups excluding carboxylic acids is 1. The molecule has 1 aliphatic rings. The summed E-state index contributed by atoms with van der Waals surface area (Å²) >= 11 is 0. The van der Waals surface area contributed by atoms with E-state index in [1.54, 1.807) is 12.1 Å². The highest BCUT2D eigenvalue weighted by molar-refractivity contribution is 5.76. The number of nitrogens with one attached hydrogen (secondary N) is 2. The molecule has 24 heavy (non-hydrogen) atoms. The molecule has 134 valence electrons. The van der Waals surface area contributed by atoms with Crippen LogP contribution in [0.25, 0.3) is 0 Å². The Bertz CT molecular complexity index is 537. The zero-order chi connectivity index (χ0) is 17.4. The first-order valence-electron chi connectivity index (χ1n) is 7.78. The molecule has 2 N–H and O–H groups in total. The van der Waals surface area contributed by atoms with Crippen molar-refractivity contribution in [2.24, 2.45) is 0 Å². The number of hydrogen-bond acceptors (Lipinski definition) is 5. The van der Waals surface area contributed by atoms with E-state index in [1.165, 1.54) is 13.2 Å². The Morgan fingerprint density at radius 2 is 2.29 bits per heavy atom. The fourth-order valence-corrected chi connectivity index (χ4v) is 2.46. The van der Waals surface area contributed by atoms with Crippen molar-refractivity contribution in [3.63, 3.8) is 0 Å². The van der Waals surface area contributed by atoms with E-state index in [4.69, 9.17) is 9.47 Å². The lowest BCUT2D eigenvalue weighted by atomic mass is 10.1. The third-order valence-corrected chi connectivity index (χ3v) is 3.61. The second-order valence-corrected chi connectivity index (χ2v) is 5.39. The van der Waals surface area contributed by atoms with Gasteiger partial charge in [0, 0.05) is 25.6 Å². The maximum atomic E-state index is 12.4. The first-order chi connectivity index (χ1) is 11.6. The summed E-state index contributed by atoms with van der Waals surface area (Å²) in [6.07, 6.45) is 0.853. The summed E-state index contributed by atoms with van der Waals surface area (Å²) in [4.78, 5) is 11.9. The van der Waals surface area contributed by atoms with Gasteiger partial charge in [-0.15, -0.1) is 0 Å². The molecule has 6 nitrogen and oxygen atoms in total. The molecule has 1 fully saturated rings. The number of benzene rings is 1. The Kier molecular flexibility index (Phi) is 7.20. The first-order valence-corrected chi connectivity index (χ1v) is 7.78. The van der Waals surface area contributed by atoms with Gasteiger partial charge in [-0.2, -0.15) is 8.78 Å². The molecule has 1 amide bonds. The summed E-state index contributed by atoms with van der Waals surface area (Å²) in [6, 6.07) is 4.84. The Balaban J connectivity index is 1.79. The molecule has 1 heterocycles. The molecule has 0 radical (unpaired) electrons. The van der Waals surface area contributed by atoms with Gasteiger partial charge in [0.15, 0.2) is 11.5 Å². The van der Waals surface area contributed by atoms with Gasteiger partial charge in [0.05, 0.1) is 20.3 Å². The van der Waals surface area contributed by atoms with E-state index in [2.05, 4.69) is 15.4 Å². The minimum absolute atomic E-state index is 0.0140. The quantitative estimate of drug-likeness (QED) is 0.745. The molecular weight excluding hydrogens is 322 g/mol. The van der Waals surface area contributed by atoms with Gasteiger partial charge in [0.2, 0.25) is 5.91 Å². The molecule has 1 aliphatic heterocycles. The third kappa shape index (κ3) is 5.93. The van der Waals surface area contributed by atoms with Crippen molar-refractivity contribution in [1.29, 1.82) is 0 Å². The molecule has 0 aliphatic carbocycles. The van der Waals surface area contributed by atoms with Gasteiger partial charge in [-0.05, 0) is 24.1 Å². The number of rotatable bonds is 8. The molecule has 1 saturated heterocycles. The molecule has 1 unspecified atom stereocenters. The van der Waals surface area contributed by atoms with Crippen LogP contribution >= 0.6 is 0 Å². The summed E-state index contributed by atoms with van der Waals surface area (Å²) in [5.41, 5.74) is 0.769. The first kappa shape index (κ1) is 18.4. The minimum Gasteiger partial charge on any atom is -0.493 e. The van der Waals surface area contributed by atoms with Crippen LogP contribution < -0.4 is 20.1 Å². The second kappa shape index (κ2) is 9.39. The predicted molar refractivity (Wildman–Crippen MR) is 83.6 cm³/mol. The van der Waals surface area contributed by atoms with Gasteiger partial charge in [-0.25, -0.2) is 0 Å². The summed E-state index contributed by atoms with van der Waals surface area (Å²) in [7, 11) is 1.39. The number of halogens is 2. The van der Waals surface area contributed by atoms with Crippen LogP contribution in [0.5, 0.6) is 11.5 Å². The number of amides is 1. The zero-order valence-electron chi connectivity index (χ0n) is 13.5. The van der Waals surface area contributed by atoms with Gasteiger partial charge in [0.1, 0.15) is 0 Å². The van der Waals surface area contributed by atoms with E-state index in [-0.39, 0.29) is 23.4 Å². The number of carbonyl (C=O) groups is 1. The molecule has 1 aromatic carbocycles. The molecule has 0 bridgehead atoms. The smallest absolute Gasteiger partial charge is 0.387 e. The molecular formula is C16H22F2N2O4. The standard InChI is InChI=1S/C16H22F2N2O4/c1-22-13-3-2-11(8-14(13)24-16(17)18)4-5-20-15(21)9-12-10-23-7-6-19-12/h2-3,8,12,16,19H,4-7,9-10H2,1H3,(H,20,21). The van der Waals surface area contributed by atoms with Crippen LogP contribution in [0.1, 0.15) is 12.0 Å². The van der Waals surface area contributed by atoms with Crippen LogP contribution in [-0.2, 0) is 16.0 Å². The van der Waals surface area contributed by atoms with E-state index >= 15 is 0 Å². The van der Waals surface area contributed by atoms with Crippen molar-refractivity contribution in [1.82, 2.24) is 10.6 Å². The number of hydrogen-bond donors (Lipinski definition) is 2. The van der Waals surface area contributed by atoms with E-state index in [9.17, 15) is 13.6 Å². The highest BCUT2D eigenvalue weighted by Gasteiger charge is 2.16. The number of ether oxygens (including phenoxy) is 3. The molecule has 0 spiro atoms.